The van der Waals surface area contributed by atoms with E-state index in [1.165, 1.54) is 0 Å². The number of carbonyl (C=O) groups is 2. The number of rotatable bonds is 5. The first-order chi connectivity index (χ1) is 10.9. The van der Waals surface area contributed by atoms with Crippen LogP contribution in [0.25, 0.3) is 0 Å². The van der Waals surface area contributed by atoms with Crippen molar-refractivity contribution in [2.45, 2.75) is 26.3 Å². The molecule has 1 saturated heterocycles. The topological polar surface area (TPSA) is 75.4 Å². The van der Waals surface area contributed by atoms with E-state index < -0.39 is 6.04 Å². The van der Waals surface area contributed by atoms with Gasteiger partial charge in [-0.15, -0.1) is 0 Å². The SMILES string of the molecule is CC(C)C(NC(=O)c1ccccc1Cl)C(=O)N1CCC(CN)C1. The number of amides is 2. The Morgan fingerprint density at radius 3 is 2.65 bits per heavy atom. The summed E-state index contributed by atoms with van der Waals surface area (Å²) in [7, 11) is 0. The number of likely N-dealkylation sites (tertiary alicyclic amines) is 1. The van der Waals surface area contributed by atoms with Crippen LogP contribution in [0.1, 0.15) is 30.6 Å². The van der Waals surface area contributed by atoms with Crippen LogP contribution in [0.2, 0.25) is 5.02 Å². The van der Waals surface area contributed by atoms with E-state index in [0.717, 1.165) is 6.42 Å². The van der Waals surface area contributed by atoms with E-state index in [0.29, 0.717) is 36.1 Å². The minimum Gasteiger partial charge on any atom is -0.341 e. The summed E-state index contributed by atoms with van der Waals surface area (Å²) in [6.07, 6.45) is 0.922. The van der Waals surface area contributed by atoms with Crippen LogP contribution in [0, 0.1) is 11.8 Å². The standard InChI is InChI=1S/C17H24ClN3O2/c1-11(2)15(17(23)21-8-7-12(9-19)10-21)20-16(22)13-5-3-4-6-14(13)18/h3-6,11-12,15H,7-10,19H2,1-2H3,(H,20,22). The first-order valence-corrected chi connectivity index (χ1v) is 8.36. The van der Waals surface area contributed by atoms with E-state index in [2.05, 4.69) is 5.32 Å². The van der Waals surface area contributed by atoms with Crippen LogP contribution in [0.15, 0.2) is 24.3 Å². The van der Waals surface area contributed by atoms with Crippen LogP contribution in [0.3, 0.4) is 0 Å². The molecule has 1 aliphatic heterocycles. The molecule has 2 atom stereocenters. The minimum absolute atomic E-state index is 0.00846. The van der Waals surface area contributed by atoms with Gasteiger partial charge in [0.25, 0.3) is 5.91 Å². The van der Waals surface area contributed by atoms with Crippen molar-refractivity contribution in [3.63, 3.8) is 0 Å². The molecule has 2 amide bonds. The van der Waals surface area contributed by atoms with Crippen LogP contribution in [0.5, 0.6) is 0 Å². The highest BCUT2D eigenvalue weighted by molar-refractivity contribution is 6.33. The van der Waals surface area contributed by atoms with Crippen molar-refractivity contribution >= 4 is 23.4 Å². The number of nitrogens with zero attached hydrogens (tertiary/aromatic N) is 1. The summed E-state index contributed by atoms with van der Waals surface area (Å²) in [4.78, 5) is 27.0. The Morgan fingerprint density at radius 2 is 2.09 bits per heavy atom. The van der Waals surface area contributed by atoms with Gasteiger partial charge in [-0.2, -0.15) is 0 Å². The third-order valence-electron chi connectivity index (χ3n) is 4.27. The molecular formula is C17H24ClN3O2. The van der Waals surface area contributed by atoms with Gasteiger partial charge >= 0.3 is 0 Å². The fraction of sp³-hybridized carbons (Fsp3) is 0.529. The van der Waals surface area contributed by atoms with E-state index in [1.54, 1.807) is 29.2 Å². The van der Waals surface area contributed by atoms with Gasteiger partial charge in [0.2, 0.25) is 5.91 Å². The molecule has 2 unspecified atom stereocenters. The molecule has 0 aromatic heterocycles. The molecule has 0 spiro atoms. The minimum atomic E-state index is -0.560. The molecule has 1 aromatic carbocycles. The van der Waals surface area contributed by atoms with Crippen molar-refractivity contribution in [2.75, 3.05) is 19.6 Å². The van der Waals surface area contributed by atoms with E-state index >= 15 is 0 Å². The fourth-order valence-corrected chi connectivity index (χ4v) is 3.02. The average Bonchev–Trinajstić information content (AvgIpc) is 3.01. The molecule has 5 nitrogen and oxygen atoms in total. The summed E-state index contributed by atoms with van der Waals surface area (Å²) >= 11 is 6.06. The van der Waals surface area contributed by atoms with Crippen molar-refractivity contribution in [2.24, 2.45) is 17.6 Å². The molecule has 3 N–H and O–H groups in total. The molecule has 126 valence electrons. The van der Waals surface area contributed by atoms with Gasteiger partial charge in [-0.3, -0.25) is 9.59 Å². The molecule has 6 heteroatoms. The van der Waals surface area contributed by atoms with Gasteiger partial charge < -0.3 is 16.0 Å². The molecule has 0 bridgehead atoms. The maximum Gasteiger partial charge on any atom is 0.253 e. The zero-order valence-corrected chi connectivity index (χ0v) is 14.3. The predicted molar refractivity (Wildman–Crippen MR) is 91.3 cm³/mol. The number of nitrogens with two attached hydrogens (primary N) is 1. The quantitative estimate of drug-likeness (QED) is 0.861. The first-order valence-electron chi connectivity index (χ1n) is 7.98. The fourth-order valence-electron chi connectivity index (χ4n) is 2.80. The highest BCUT2D eigenvalue weighted by Crippen LogP contribution is 2.19. The average molecular weight is 338 g/mol. The lowest BCUT2D eigenvalue weighted by Gasteiger charge is -2.27. The summed E-state index contributed by atoms with van der Waals surface area (Å²) in [6, 6.07) is 6.27. The number of carbonyl (C=O) groups excluding carboxylic acids is 2. The maximum absolute atomic E-state index is 12.7. The van der Waals surface area contributed by atoms with E-state index in [-0.39, 0.29) is 17.7 Å². The molecule has 1 fully saturated rings. The number of halogens is 1. The van der Waals surface area contributed by atoms with Crippen LogP contribution < -0.4 is 11.1 Å². The number of benzene rings is 1. The van der Waals surface area contributed by atoms with Crippen LogP contribution >= 0.6 is 11.6 Å². The Morgan fingerprint density at radius 1 is 1.39 bits per heavy atom. The second-order valence-corrected chi connectivity index (χ2v) is 6.76. The summed E-state index contributed by atoms with van der Waals surface area (Å²) in [6.45, 7) is 5.80. The lowest BCUT2D eigenvalue weighted by atomic mass is 10.0. The van der Waals surface area contributed by atoms with Gasteiger partial charge in [0.05, 0.1) is 10.6 Å². The summed E-state index contributed by atoms with van der Waals surface area (Å²) < 4.78 is 0. The third-order valence-corrected chi connectivity index (χ3v) is 4.60. The van der Waals surface area contributed by atoms with Gasteiger partial charge in [0.1, 0.15) is 6.04 Å². The Balaban J connectivity index is 2.08. The molecule has 2 rings (SSSR count). The first kappa shape index (κ1) is 17.8. The smallest absolute Gasteiger partial charge is 0.253 e. The molecule has 0 saturated carbocycles. The molecule has 0 radical (unpaired) electrons. The van der Waals surface area contributed by atoms with E-state index in [4.69, 9.17) is 17.3 Å². The van der Waals surface area contributed by atoms with Crippen LogP contribution in [-0.2, 0) is 4.79 Å². The predicted octanol–water partition coefficient (Wildman–Crippen LogP) is 1.90. The van der Waals surface area contributed by atoms with E-state index in [9.17, 15) is 9.59 Å². The van der Waals surface area contributed by atoms with Crippen molar-refractivity contribution in [3.8, 4) is 0 Å². The zero-order chi connectivity index (χ0) is 17.0. The normalized spacial score (nSPS) is 19.0. The van der Waals surface area contributed by atoms with Gasteiger partial charge in [-0.05, 0) is 36.9 Å². The Hall–Kier alpha value is -1.59. The molecule has 1 heterocycles. The zero-order valence-electron chi connectivity index (χ0n) is 13.6. The van der Waals surface area contributed by atoms with Crippen LogP contribution in [-0.4, -0.2) is 42.4 Å². The van der Waals surface area contributed by atoms with Gasteiger partial charge in [-0.25, -0.2) is 0 Å². The second-order valence-electron chi connectivity index (χ2n) is 6.35. The summed E-state index contributed by atoms with van der Waals surface area (Å²) in [5.74, 6) is -0.0227. The lowest BCUT2D eigenvalue weighted by Crippen LogP contribution is -2.50. The monoisotopic (exact) mass is 337 g/mol. The number of hydrogen-bond acceptors (Lipinski definition) is 3. The summed E-state index contributed by atoms with van der Waals surface area (Å²) in [5, 5.41) is 3.22. The van der Waals surface area contributed by atoms with Crippen LogP contribution in [0.4, 0.5) is 0 Å². The van der Waals surface area contributed by atoms with E-state index in [1.807, 2.05) is 13.8 Å². The second kappa shape index (κ2) is 7.79. The molecule has 1 aliphatic rings. The van der Waals surface area contributed by atoms with Crippen molar-refractivity contribution in [3.05, 3.63) is 34.9 Å². The third kappa shape index (κ3) is 4.24. The molecule has 23 heavy (non-hydrogen) atoms. The molecular weight excluding hydrogens is 314 g/mol. The van der Waals surface area contributed by atoms with Gasteiger partial charge in [-0.1, -0.05) is 37.6 Å². The van der Waals surface area contributed by atoms with Crippen molar-refractivity contribution < 1.29 is 9.59 Å². The summed E-state index contributed by atoms with van der Waals surface area (Å²) in [5.41, 5.74) is 6.07. The maximum atomic E-state index is 12.7. The number of hydrogen-bond donors (Lipinski definition) is 2. The Labute approximate surface area is 142 Å². The largest absolute Gasteiger partial charge is 0.341 e. The molecule has 0 aliphatic carbocycles. The highest BCUT2D eigenvalue weighted by Gasteiger charge is 2.33. The van der Waals surface area contributed by atoms with Gasteiger partial charge in [0.15, 0.2) is 0 Å². The number of nitrogens with one attached hydrogen (secondary N) is 1. The van der Waals surface area contributed by atoms with Gasteiger partial charge in [0, 0.05) is 13.1 Å². The molecule has 1 aromatic rings. The Kier molecular flexibility index (Phi) is 6.02. The van der Waals surface area contributed by atoms with Crippen molar-refractivity contribution in [1.82, 2.24) is 10.2 Å². The Bertz CT molecular complexity index is 577. The lowest BCUT2D eigenvalue weighted by molar-refractivity contribution is -0.133. The highest BCUT2D eigenvalue weighted by atomic mass is 35.5. The van der Waals surface area contributed by atoms with Crippen molar-refractivity contribution in [1.29, 1.82) is 0 Å².